The summed E-state index contributed by atoms with van der Waals surface area (Å²) in [4.78, 5) is 22.2. The number of hydrogen-bond donors (Lipinski definition) is 3. The van der Waals surface area contributed by atoms with Crippen molar-refractivity contribution >= 4 is 11.9 Å². The van der Waals surface area contributed by atoms with Crippen molar-refractivity contribution in [3.63, 3.8) is 0 Å². The van der Waals surface area contributed by atoms with Crippen molar-refractivity contribution in [1.82, 2.24) is 0 Å². The van der Waals surface area contributed by atoms with E-state index in [1.165, 1.54) is 30.3 Å². The molecule has 0 saturated heterocycles. The largest absolute Gasteiger partial charge is 0.508 e. The Kier molecular flexibility index (Phi) is 5.42. The molecule has 6 nitrogen and oxygen atoms in total. The Balaban J connectivity index is 2.27. The molecule has 2 aromatic carbocycles. The molecule has 6 heteroatoms. The molecule has 2 aromatic rings. The number of aryl methyl sites for hydroxylation is 2. The number of carboxylic acid groups (broad SMARTS) is 2. The van der Waals surface area contributed by atoms with Gasteiger partial charge in [-0.05, 0) is 67.3 Å². The normalized spacial score (nSPS) is 10.4. The minimum Gasteiger partial charge on any atom is -0.508 e. The Morgan fingerprint density at radius 3 is 2.04 bits per heavy atom. The SMILES string of the molecule is CCOc1ccc(C(=O)O)cc1CCc1cc(C(=O)O)ccc1O. The molecule has 24 heavy (non-hydrogen) atoms. The molecule has 0 bridgehead atoms. The third kappa shape index (κ3) is 4.04. The molecule has 0 heterocycles. The standard InChI is InChI=1S/C18H18O6/c1-2-24-16-8-6-14(18(22)23)10-12(16)4-3-11-9-13(17(20)21)5-7-15(11)19/h5-10,19H,2-4H2,1H3,(H,20,21)(H,22,23). The lowest BCUT2D eigenvalue weighted by molar-refractivity contribution is 0.0686. The number of aromatic carboxylic acids is 2. The molecule has 0 aliphatic heterocycles. The maximum absolute atomic E-state index is 11.1. The monoisotopic (exact) mass is 330 g/mol. The van der Waals surface area contributed by atoms with Crippen molar-refractivity contribution in [2.45, 2.75) is 19.8 Å². The number of carboxylic acids is 2. The van der Waals surface area contributed by atoms with Crippen molar-refractivity contribution in [3.05, 3.63) is 58.7 Å². The molecule has 0 radical (unpaired) electrons. The number of phenols is 1. The quantitative estimate of drug-likeness (QED) is 0.721. The molecule has 126 valence electrons. The summed E-state index contributed by atoms with van der Waals surface area (Å²) in [6.45, 7) is 2.27. The average Bonchev–Trinajstić information content (AvgIpc) is 2.55. The zero-order valence-corrected chi connectivity index (χ0v) is 13.2. The molecule has 0 spiro atoms. The van der Waals surface area contributed by atoms with E-state index in [0.717, 1.165) is 0 Å². The second-order valence-corrected chi connectivity index (χ2v) is 5.21. The van der Waals surface area contributed by atoms with E-state index in [0.29, 0.717) is 36.3 Å². The Morgan fingerprint density at radius 1 is 0.917 bits per heavy atom. The Labute approximate surface area is 138 Å². The van der Waals surface area contributed by atoms with Crippen LogP contribution in [0.1, 0.15) is 38.8 Å². The molecular weight excluding hydrogens is 312 g/mol. The Hall–Kier alpha value is -3.02. The average molecular weight is 330 g/mol. The third-order valence-corrected chi connectivity index (χ3v) is 3.60. The summed E-state index contributed by atoms with van der Waals surface area (Å²) in [6.07, 6.45) is 0.767. The number of hydrogen-bond acceptors (Lipinski definition) is 4. The first kappa shape index (κ1) is 17.3. The van der Waals surface area contributed by atoms with E-state index in [1.54, 1.807) is 6.07 Å². The Bertz CT molecular complexity index is 766. The summed E-state index contributed by atoms with van der Waals surface area (Å²) in [5, 5.41) is 28.0. The van der Waals surface area contributed by atoms with E-state index in [4.69, 9.17) is 14.9 Å². The highest BCUT2D eigenvalue weighted by Gasteiger charge is 2.12. The second-order valence-electron chi connectivity index (χ2n) is 5.21. The molecule has 0 amide bonds. The van der Waals surface area contributed by atoms with Gasteiger partial charge in [-0.2, -0.15) is 0 Å². The Morgan fingerprint density at radius 2 is 1.46 bits per heavy atom. The molecule has 0 unspecified atom stereocenters. The number of aromatic hydroxyl groups is 1. The van der Waals surface area contributed by atoms with Crippen LogP contribution in [0.4, 0.5) is 0 Å². The zero-order chi connectivity index (χ0) is 17.7. The fourth-order valence-electron chi connectivity index (χ4n) is 2.39. The van der Waals surface area contributed by atoms with E-state index in [9.17, 15) is 14.7 Å². The van der Waals surface area contributed by atoms with E-state index in [2.05, 4.69) is 0 Å². The van der Waals surface area contributed by atoms with Crippen LogP contribution in [0.15, 0.2) is 36.4 Å². The van der Waals surface area contributed by atoms with Crippen molar-refractivity contribution < 1.29 is 29.6 Å². The molecular formula is C18H18O6. The minimum atomic E-state index is -1.07. The molecule has 2 rings (SSSR count). The maximum Gasteiger partial charge on any atom is 0.335 e. The van der Waals surface area contributed by atoms with Gasteiger partial charge in [-0.1, -0.05) is 0 Å². The van der Waals surface area contributed by atoms with Crippen LogP contribution in [0.3, 0.4) is 0 Å². The molecule has 0 saturated carbocycles. The van der Waals surface area contributed by atoms with Crippen molar-refractivity contribution in [2.75, 3.05) is 6.61 Å². The van der Waals surface area contributed by atoms with E-state index >= 15 is 0 Å². The summed E-state index contributed by atoms with van der Waals surface area (Å²) in [7, 11) is 0. The van der Waals surface area contributed by atoms with E-state index in [1.807, 2.05) is 6.92 Å². The summed E-state index contributed by atoms with van der Waals surface area (Å²) in [6, 6.07) is 8.70. The highest BCUT2D eigenvalue weighted by atomic mass is 16.5. The summed E-state index contributed by atoms with van der Waals surface area (Å²) in [5.41, 5.74) is 1.42. The lowest BCUT2D eigenvalue weighted by Gasteiger charge is -2.12. The van der Waals surface area contributed by atoms with Gasteiger partial charge in [0.05, 0.1) is 17.7 Å². The number of phenolic OH excluding ortho intramolecular Hbond substituents is 1. The van der Waals surface area contributed by atoms with Crippen LogP contribution in [0.25, 0.3) is 0 Å². The first-order valence-electron chi connectivity index (χ1n) is 7.46. The lowest BCUT2D eigenvalue weighted by atomic mass is 9.99. The van der Waals surface area contributed by atoms with Crippen LogP contribution in [-0.2, 0) is 12.8 Å². The van der Waals surface area contributed by atoms with Gasteiger partial charge in [0.25, 0.3) is 0 Å². The molecule has 0 aliphatic carbocycles. The fraction of sp³-hybridized carbons (Fsp3) is 0.222. The van der Waals surface area contributed by atoms with Crippen LogP contribution in [0.2, 0.25) is 0 Å². The summed E-state index contributed by atoms with van der Waals surface area (Å²) >= 11 is 0. The molecule has 3 N–H and O–H groups in total. The van der Waals surface area contributed by atoms with Crippen LogP contribution in [0, 0.1) is 0 Å². The highest BCUT2D eigenvalue weighted by Crippen LogP contribution is 2.25. The van der Waals surface area contributed by atoms with Gasteiger partial charge in [-0.15, -0.1) is 0 Å². The van der Waals surface area contributed by atoms with Gasteiger partial charge in [0.15, 0.2) is 0 Å². The van der Waals surface area contributed by atoms with Gasteiger partial charge >= 0.3 is 11.9 Å². The first-order valence-corrected chi connectivity index (χ1v) is 7.46. The number of carbonyl (C=O) groups is 2. The predicted octanol–water partition coefficient (Wildman–Crippen LogP) is 2.97. The van der Waals surface area contributed by atoms with Crippen molar-refractivity contribution in [2.24, 2.45) is 0 Å². The van der Waals surface area contributed by atoms with Crippen LogP contribution < -0.4 is 4.74 Å². The van der Waals surface area contributed by atoms with E-state index in [-0.39, 0.29) is 16.9 Å². The van der Waals surface area contributed by atoms with Crippen LogP contribution >= 0.6 is 0 Å². The smallest absolute Gasteiger partial charge is 0.335 e. The molecule has 0 aliphatic rings. The topological polar surface area (TPSA) is 104 Å². The number of rotatable bonds is 7. The number of benzene rings is 2. The van der Waals surface area contributed by atoms with Gasteiger partial charge in [0.1, 0.15) is 11.5 Å². The van der Waals surface area contributed by atoms with E-state index < -0.39 is 11.9 Å². The van der Waals surface area contributed by atoms with Gasteiger partial charge in [-0.3, -0.25) is 0 Å². The van der Waals surface area contributed by atoms with Gasteiger partial charge in [0.2, 0.25) is 0 Å². The summed E-state index contributed by atoms with van der Waals surface area (Å²) < 4.78 is 5.50. The zero-order valence-electron chi connectivity index (χ0n) is 13.2. The van der Waals surface area contributed by atoms with Gasteiger partial charge in [0, 0.05) is 0 Å². The number of ether oxygens (including phenoxy) is 1. The molecule has 0 fully saturated rings. The van der Waals surface area contributed by atoms with Crippen LogP contribution in [0.5, 0.6) is 11.5 Å². The van der Waals surface area contributed by atoms with Crippen molar-refractivity contribution in [1.29, 1.82) is 0 Å². The van der Waals surface area contributed by atoms with Crippen LogP contribution in [-0.4, -0.2) is 33.9 Å². The minimum absolute atomic E-state index is 0.00680. The fourth-order valence-corrected chi connectivity index (χ4v) is 2.39. The van der Waals surface area contributed by atoms with Crippen molar-refractivity contribution in [3.8, 4) is 11.5 Å². The predicted molar refractivity (Wildman–Crippen MR) is 87.0 cm³/mol. The molecule has 0 atom stereocenters. The van der Waals surface area contributed by atoms with Gasteiger partial charge in [-0.25, -0.2) is 9.59 Å². The van der Waals surface area contributed by atoms with Gasteiger partial charge < -0.3 is 20.1 Å². The molecule has 0 aromatic heterocycles. The highest BCUT2D eigenvalue weighted by molar-refractivity contribution is 5.88. The third-order valence-electron chi connectivity index (χ3n) is 3.60. The second kappa shape index (κ2) is 7.50. The maximum atomic E-state index is 11.1. The summed E-state index contributed by atoms with van der Waals surface area (Å²) in [5.74, 6) is -1.52. The first-order chi connectivity index (χ1) is 11.4. The lowest BCUT2D eigenvalue weighted by Crippen LogP contribution is -2.04.